The van der Waals surface area contributed by atoms with E-state index in [-0.39, 0.29) is 5.91 Å². The molecule has 0 unspecified atom stereocenters. The lowest BCUT2D eigenvalue weighted by Gasteiger charge is -2.11. The van der Waals surface area contributed by atoms with Crippen molar-refractivity contribution in [1.29, 1.82) is 0 Å². The van der Waals surface area contributed by atoms with Gasteiger partial charge in [-0.15, -0.1) is 11.3 Å². The Labute approximate surface area is 156 Å². The van der Waals surface area contributed by atoms with Gasteiger partial charge in [0.05, 0.1) is 23.4 Å². The summed E-state index contributed by atoms with van der Waals surface area (Å²) in [7, 11) is 1.63. The summed E-state index contributed by atoms with van der Waals surface area (Å²) in [6.45, 7) is 2.73. The molecule has 0 aliphatic carbocycles. The summed E-state index contributed by atoms with van der Waals surface area (Å²) in [5.74, 6) is 1.16. The van der Waals surface area contributed by atoms with Gasteiger partial charge in [-0.3, -0.25) is 4.79 Å². The summed E-state index contributed by atoms with van der Waals surface area (Å²) in [6.07, 6.45) is 0. The van der Waals surface area contributed by atoms with Crippen LogP contribution in [-0.2, 0) is 13.2 Å². The number of hydrogen-bond acceptors (Lipinski definition) is 5. The zero-order chi connectivity index (χ0) is 18.4. The number of aromatic nitrogens is 1. The van der Waals surface area contributed by atoms with Gasteiger partial charge in [0.2, 0.25) is 0 Å². The molecular weight excluding hydrogens is 348 g/mol. The van der Waals surface area contributed by atoms with Crippen LogP contribution in [0.4, 0.5) is 0 Å². The zero-order valence-corrected chi connectivity index (χ0v) is 15.5. The van der Waals surface area contributed by atoms with Crippen LogP contribution in [0.25, 0.3) is 0 Å². The summed E-state index contributed by atoms with van der Waals surface area (Å²) in [6, 6.07) is 14.8. The third-order valence-electron chi connectivity index (χ3n) is 3.79. The van der Waals surface area contributed by atoms with Gasteiger partial charge in [0.15, 0.2) is 0 Å². The van der Waals surface area contributed by atoms with Crippen LogP contribution in [0.15, 0.2) is 53.9 Å². The van der Waals surface area contributed by atoms with Crippen LogP contribution in [0.1, 0.15) is 26.6 Å². The van der Waals surface area contributed by atoms with Crippen LogP contribution in [0.2, 0.25) is 0 Å². The number of ether oxygens (including phenoxy) is 2. The number of aryl methyl sites for hydroxylation is 1. The van der Waals surface area contributed by atoms with Crippen LogP contribution in [0.5, 0.6) is 11.5 Å². The van der Waals surface area contributed by atoms with Crippen LogP contribution in [-0.4, -0.2) is 18.0 Å². The van der Waals surface area contributed by atoms with E-state index in [2.05, 4.69) is 10.3 Å². The number of benzene rings is 2. The molecule has 0 atom stereocenters. The maximum atomic E-state index is 12.5. The molecule has 0 aliphatic heterocycles. The Kier molecular flexibility index (Phi) is 5.86. The van der Waals surface area contributed by atoms with Gasteiger partial charge in [-0.05, 0) is 36.8 Å². The number of nitrogens with zero attached hydrogens (tertiary/aromatic N) is 1. The molecule has 0 bridgehead atoms. The molecule has 0 aliphatic rings. The Bertz CT molecular complexity index is 875. The molecule has 0 saturated carbocycles. The van der Waals surface area contributed by atoms with Gasteiger partial charge in [0.1, 0.15) is 18.1 Å². The van der Waals surface area contributed by atoms with E-state index in [1.165, 1.54) is 0 Å². The Hall–Kier alpha value is -2.86. The Balaban J connectivity index is 1.63. The monoisotopic (exact) mass is 368 g/mol. The highest BCUT2D eigenvalue weighted by Gasteiger charge is 2.12. The molecule has 3 rings (SSSR count). The van der Waals surface area contributed by atoms with E-state index in [0.29, 0.717) is 24.5 Å². The van der Waals surface area contributed by atoms with Gasteiger partial charge in [0, 0.05) is 11.9 Å². The smallest absolute Gasteiger partial charge is 0.255 e. The van der Waals surface area contributed by atoms with E-state index in [0.717, 1.165) is 22.0 Å². The molecule has 134 valence electrons. The topological polar surface area (TPSA) is 60.5 Å². The second-order valence-electron chi connectivity index (χ2n) is 5.67. The van der Waals surface area contributed by atoms with Gasteiger partial charge < -0.3 is 14.8 Å². The van der Waals surface area contributed by atoms with Crippen LogP contribution in [0.3, 0.4) is 0 Å². The molecule has 1 heterocycles. The molecule has 0 fully saturated rings. The number of para-hydroxylation sites is 1. The van der Waals surface area contributed by atoms with Gasteiger partial charge in [-0.1, -0.05) is 24.3 Å². The highest BCUT2D eigenvalue weighted by Crippen LogP contribution is 2.20. The summed E-state index contributed by atoms with van der Waals surface area (Å²) in [4.78, 5) is 16.9. The van der Waals surface area contributed by atoms with Crippen molar-refractivity contribution in [2.75, 3.05) is 7.11 Å². The van der Waals surface area contributed by atoms with Crippen molar-refractivity contribution in [2.45, 2.75) is 20.1 Å². The normalized spacial score (nSPS) is 10.4. The lowest BCUT2D eigenvalue weighted by Crippen LogP contribution is -2.23. The molecule has 1 aromatic heterocycles. The average Bonchev–Trinajstić information content (AvgIpc) is 3.10. The van der Waals surface area contributed by atoms with Crippen LogP contribution in [0, 0.1) is 6.92 Å². The van der Waals surface area contributed by atoms with Crippen molar-refractivity contribution >= 4 is 17.2 Å². The van der Waals surface area contributed by atoms with Crippen molar-refractivity contribution in [3.05, 3.63) is 75.7 Å². The molecule has 6 heteroatoms. The average molecular weight is 368 g/mol. The predicted molar refractivity (Wildman–Crippen MR) is 102 cm³/mol. The van der Waals surface area contributed by atoms with Crippen LogP contribution < -0.4 is 14.8 Å². The highest BCUT2D eigenvalue weighted by atomic mass is 32.1. The first-order valence-corrected chi connectivity index (χ1v) is 9.07. The Morgan fingerprint density at radius 1 is 1.15 bits per heavy atom. The molecule has 26 heavy (non-hydrogen) atoms. The van der Waals surface area contributed by atoms with E-state index in [9.17, 15) is 4.79 Å². The largest absolute Gasteiger partial charge is 0.497 e. The third kappa shape index (κ3) is 4.61. The van der Waals surface area contributed by atoms with Crippen molar-refractivity contribution in [1.82, 2.24) is 10.3 Å². The minimum absolute atomic E-state index is 0.175. The molecule has 0 spiro atoms. The fraction of sp³-hybridized carbons (Fsp3) is 0.200. The third-order valence-corrected chi connectivity index (χ3v) is 4.61. The van der Waals surface area contributed by atoms with Gasteiger partial charge >= 0.3 is 0 Å². The second kappa shape index (κ2) is 8.49. The summed E-state index contributed by atoms with van der Waals surface area (Å²) < 4.78 is 10.9. The Morgan fingerprint density at radius 3 is 2.62 bits per heavy atom. The lowest BCUT2D eigenvalue weighted by molar-refractivity contribution is 0.0946. The number of amides is 1. The van der Waals surface area contributed by atoms with Crippen molar-refractivity contribution in [3.63, 3.8) is 0 Å². The van der Waals surface area contributed by atoms with E-state index in [4.69, 9.17) is 9.47 Å². The molecular formula is C20H20N2O3S. The minimum atomic E-state index is -0.175. The fourth-order valence-electron chi connectivity index (χ4n) is 2.43. The van der Waals surface area contributed by atoms with E-state index >= 15 is 0 Å². The summed E-state index contributed by atoms with van der Waals surface area (Å²) >= 11 is 1.58. The quantitative estimate of drug-likeness (QED) is 0.685. The molecule has 3 aromatic rings. The van der Waals surface area contributed by atoms with Crippen molar-refractivity contribution in [2.24, 2.45) is 0 Å². The number of methoxy groups -OCH3 is 1. The minimum Gasteiger partial charge on any atom is -0.497 e. The van der Waals surface area contributed by atoms with Gasteiger partial charge in [-0.2, -0.15) is 0 Å². The first-order chi connectivity index (χ1) is 12.7. The molecule has 1 N–H and O–H groups in total. The molecule has 2 aromatic carbocycles. The number of nitrogens with one attached hydrogen (secondary N) is 1. The maximum absolute atomic E-state index is 12.5. The van der Waals surface area contributed by atoms with Crippen molar-refractivity contribution < 1.29 is 14.3 Å². The second-order valence-corrected chi connectivity index (χ2v) is 6.74. The molecule has 5 nitrogen and oxygen atoms in total. The summed E-state index contributed by atoms with van der Waals surface area (Å²) in [5, 5.41) is 5.88. The number of thiazole rings is 1. The zero-order valence-electron chi connectivity index (χ0n) is 14.7. The standard InChI is InChI=1S/C20H20N2O3S/c1-14-22-16(13-26-14)12-25-19-6-4-3-5-18(19)20(23)21-11-15-7-9-17(24-2)10-8-15/h3-10,13H,11-12H2,1-2H3,(H,21,23). The van der Waals surface area contributed by atoms with Gasteiger partial charge in [-0.25, -0.2) is 4.98 Å². The Morgan fingerprint density at radius 2 is 1.92 bits per heavy atom. The van der Waals surface area contributed by atoms with E-state index in [1.807, 2.05) is 48.7 Å². The highest BCUT2D eigenvalue weighted by molar-refractivity contribution is 7.09. The summed E-state index contributed by atoms with van der Waals surface area (Å²) in [5.41, 5.74) is 2.37. The molecule has 0 saturated heterocycles. The number of carbonyl (C=O) groups is 1. The molecule has 1 amide bonds. The SMILES string of the molecule is COc1ccc(CNC(=O)c2ccccc2OCc2csc(C)n2)cc1. The first kappa shape index (κ1) is 17.9. The van der Waals surface area contributed by atoms with Crippen LogP contribution >= 0.6 is 11.3 Å². The maximum Gasteiger partial charge on any atom is 0.255 e. The fourth-order valence-corrected chi connectivity index (χ4v) is 3.02. The van der Waals surface area contributed by atoms with E-state index < -0.39 is 0 Å². The predicted octanol–water partition coefficient (Wildman–Crippen LogP) is 3.97. The number of carbonyl (C=O) groups excluding carboxylic acids is 1. The molecule has 0 radical (unpaired) electrons. The van der Waals surface area contributed by atoms with Gasteiger partial charge in [0.25, 0.3) is 5.91 Å². The van der Waals surface area contributed by atoms with E-state index in [1.54, 1.807) is 30.6 Å². The first-order valence-electron chi connectivity index (χ1n) is 8.19. The van der Waals surface area contributed by atoms with Crippen molar-refractivity contribution in [3.8, 4) is 11.5 Å². The lowest BCUT2D eigenvalue weighted by atomic mass is 10.1. The number of hydrogen-bond donors (Lipinski definition) is 1. The number of rotatable bonds is 7.